The molecule has 1 aromatic rings. The van der Waals surface area contributed by atoms with E-state index in [-0.39, 0.29) is 0 Å². The predicted octanol–water partition coefficient (Wildman–Crippen LogP) is 4.56. The smallest absolute Gasteiger partial charge is 0.000139 e. The number of hydrogen-bond acceptors (Lipinski definition) is 0. The van der Waals surface area contributed by atoms with Gasteiger partial charge >= 0.3 is 0 Å². The SMILES string of the molecule is C=Cc1ccc(C2=CC=CC2C)cc1C=C. The van der Waals surface area contributed by atoms with Crippen LogP contribution in [0.3, 0.4) is 0 Å². The fourth-order valence-electron chi connectivity index (χ4n) is 2.06. The molecule has 16 heavy (non-hydrogen) atoms. The van der Waals surface area contributed by atoms with Crippen molar-refractivity contribution in [1.82, 2.24) is 0 Å². The van der Waals surface area contributed by atoms with Crippen LogP contribution in [-0.2, 0) is 0 Å². The van der Waals surface area contributed by atoms with Gasteiger partial charge in [0.05, 0.1) is 0 Å². The van der Waals surface area contributed by atoms with Crippen LogP contribution in [0.15, 0.2) is 49.6 Å². The molecular formula is C16H16. The summed E-state index contributed by atoms with van der Waals surface area (Å²) in [5, 5.41) is 0. The predicted molar refractivity (Wildman–Crippen MR) is 72.9 cm³/mol. The van der Waals surface area contributed by atoms with Crippen molar-refractivity contribution in [3.63, 3.8) is 0 Å². The van der Waals surface area contributed by atoms with Crippen molar-refractivity contribution in [2.24, 2.45) is 5.92 Å². The molecule has 0 bridgehead atoms. The molecule has 0 fully saturated rings. The van der Waals surface area contributed by atoms with Crippen LogP contribution in [0.2, 0.25) is 0 Å². The Kier molecular flexibility index (Phi) is 2.91. The fraction of sp³-hybridized carbons (Fsp3) is 0.125. The second-order valence-electron chi connectivity index (χ2n) is 4.05. The van der Waals surface area contributed by atoms with Gasteiger partial charge in [0.25, 0.3) is 0 Å². The molecule has 80 valence electrons. The lowest BCUT2D eigenvalue weighted by molar-refractivity contribution is 0.981. The van der Waals surface area contributed by atoms with E-state index < -0.39 is 0 Å². The quantitative estimate of drug-likeness (QED) is 0.683. The number of allylic oxidation sites excluding steroid dienone is 4. The molecule has 0 aliphatic heterocycles. The Bertz CT molecular complexity index is 487. The van der Waals surface area contributed by atoms with Crippen molar-refractivity contribution >= 4 is 17.7 Å². The van der Waals surface area contributed by atoms with Crippen molar-refractivity contribution in [3.05, 3.63) is 66.3 Å². The van der Waals surface area contributed by atoms with E-state index in [1.54, 1.807) is 0 Å². The molecule has 1 atom stereocenters. The van der Waals surface area contributed by atoms with Crippen molar-refractivity contribution in [1.29, 1.82) is 0 Å². The van der Waals surface area contributed by atoms with E-state index in [0.717, 1.165) is 11.1 Å². The van der Waals surface area contributed by atoms with Gasteiger partial charge in [-0.15, -0.1) is 0 Å². The summed E-state index contributed by atoms with van der Waals surface area (Å²) in [5.74, 6) is 0.507. The van der Waals surface area contributed by atoms with E-state index in [9.17, 15) is 0 Å². The van der Waals surface area contributed by atoms with Crippen LogP contribution in [0.5, 0.6) is 0 Å². The Labute approximate surface area is 97.3 Å². The average molecular weight is 208 g/mol. The van der Waals surface area contributed by atoms with Gasteiger partial charge in [0.2, 0.25) is 0 Å². The molecule has 0 amide bonds. The maximum absolute atomic E-state index is 3.84. The molecule has 0 radical (unpaired) electrons. The first-order valence-electron chi connectivity index (χ1n) is 5.54. The average Bonchev–Trinajstić information content (AvgIpc) is 2.74. The molecule has 0 heteroatoms. The van der Waals surface area contributed by atoms with Gasteiger partial charge in [-0.2, -0.15) is 0 Å². The zero-order valence-electron chi connectivity index (χ0n) is 9.61. The van der Waals surface area contributed by atoms with Crippen LogP contribution in [0, 0.1) is 5.92 Å². The van der Waals surface area contributed by atoms with Crippen LogP contribution in [0.25, 0.3) is 17.7 Å². The summed E-state index contributed by atoms with van der Waals surface area (Å²) in [4.78, 5) is 0. The highest BCUT2D eigenvalue weighted by atomic mass is 14.2. The molecule has 1 aliphatic carbocycles. The third kappa shape index (κ3) is 1.79. The minimum Gasteiger partial charge on any atom is -0.0984 e. The van der Waals surface area contributed by atoms with Gasteiger partial charge in [-0.1, -0.05) is 62.6 Å². The summed E-state index contributed by atoms with van der Waals surface area (Å²) < 4.78 is 0. The van der Waals surface area contributed by atoms with Crippen LogP contribution < -0.4 is 0 Å². The highest BCUT2D eigenvalue weighted by molar-refractivity contribution is 5.76. The lowest BCUT2D eigenvalue weighted by Crippen LogP contribution is -1.93. The Morgan fingerprint density at radius 1 is 1.12 bits per heavy atom. The van der Waals surface area contributed by atoms with E-state index in [4.69, 9.17) is 0 Å². The van der Waals surface area contributed by atoms with Crippen molar-refractivity contribution in [3.8, 4) is 0 Å². The topological polar surface area (TPSA) is 0 Å². The van der Waals surface area contributed by atoms with Gasteiger partial charge in [0, 0.05) is 0 Å². The third-order valence-corrected chi connectivity index (χ3v) is 3.03. The normalized spacial score (nSPS) is 18.3. The zero-order chi connectivity index (χ0) is 11.5. The Morgan fingerprint density at radius 2 is 1.88 bits per heavy atom. The van der Waals surface area contributed by atoms with E-state index in [1.165, 1.54) is 11.1 Å². The van der Waals surface area contributed by atoms with Gasteiger partial charge in [-0.3, -0.25) is 0 Å². The molecule has 0 nitrogen and oxygen atoms in total. The van der Waals surface area contributed by atoms with Crippen LogP contribution in [0.1, 0.15) is 23.6 Å². The first-order chi connectivity index (χ1) is 7.76. The van der Waals surface area contributed by atoms with Crippen LogP contribution >= 0.6 is 0 Å². The maximum atomic E-state index is 3.84. The van der Waals surface area contributed by atoms with Crippen molar-refractivity contribution in [2.45, 2.75) is 6.92 Å². The molecule has 1 aliphatic rings. The van der Waals surface area contributed by atoms with Crippen LogP contribution in [-0.4, -0.2) is 0 Å². The van der Waals surface area contributed by atoms with Gasteiger partial charge in [0.1, 0.15) is 0 Å². The van der Waals surface area contributed by atoms with E-state index >= 15 is 0 Å². The first-order valence-corrected chi connectivity index (χ1v) is 5.54. The lowest BCUT2D eigenvalue weighted by Gasteiger charge is -2.11. The summed E-state index contributed by atoms with van der Waals surface area (Å²) in [6.07, 6.45) is 10.3. The third-order valence-electron chi connectivity index (χ3n) is 3.03. The highest BCUT2D eigenvalue weighted by Gasteiger charge is 2.12. The fourth-order valence-corrected chi connectivity index (χ4v) is 2.06. The summed E-state index contributed by atoms with van der Waals surface area (Å²) in [6.45, 7) is 9.86. The Balaban J connectivity index is 2.44. The Morgan fingerprint density at radius 3 is 2.44 bits per heavy atom. The number of benzene rings is 1. The summed E-state index contributed by atoms with van der Waals surface area (Å²) >= 11 is 0. The summed E-state index contributed by atoms with van der Waals surface area (Å²) in [6, 6.07) is 6.43. The molecule has 0 heterocycles. The molecule has 1 aromatic carbocycles. The standard InChI is InChI=1S/C16H16/c1-4-13-9-10-15(11-14(13)5-2)16-8-6-7-12(16)3/h4-12H,1-2H2,3H3. The van der Waals surface area contributed by atoms with Crippen LogP contribution in [0.4, 0.5) is 0 Å². The highest BCUT2D eigenvalue weighted by Crippen LogP contribution is 2.30. The second kappa shape index (κ2) is 4.36. The molecule has 0 saturated carbocycles. The molecule has 0 aromatic heterocycles. The molecule has 0 spiro atoms. The van der Waals surface area contributed by atoms with Gasteiger partial charge in [-0.25, -0.2) is 0 Å². The zero-order valence-corrected chi connectivity index (χ0v) is 9.61. The number of rotatable bonds is 3. The van der Waals surface area contributed by atoms with Gasteiger partial charge in [-0.05, 0) is 34.2 Å². The molecule has 1 unspecified atom stereocenters. The van der Waals surface area contributed by atoms with E-state index in [1.807, 2.05) is 12.2 Å². The van der Waals surface area contributed by atoms with Gasteiger partial charge in [0.15, 0.2) is 0 Å². The lowest BCUT2D eigenvalue weighted by atomic mass is 9.94. The van der Waals surface area contributed by atoms with E-state index in [0.29, 0.717) is 5.92 Å². The summed E-state index contributed by atoms with van der Waals surface area (Å²) in [5.41, 5.74) is 4.93. The maximum Gasteiger partial charge on any atom is -0.000139 e. The first kappa shape index (κ1) is 10.7. The molecule has 0 N–H and O–H groups in total. The second-order valence-corrected chi connectivity index (χ2v) is 4.05. The summed E-state index contributed by atoms with van der Waals surface area (Å²) in [7, 11) is 0. The number of hydrogen-bond donors (Lipinski definition) is 0. The van der Waals surface area contributed by atoms with Crippen molar-refractivity contribution in [2.75, 3.05) is 0 Å². The van der Waals surface area contributed by atoms with Gasteiger partial charge < -0.3 is 0 Å². The Hall–Kier alpha value is -1.82. The molecule has 0 saturated heterocycles. The monoisotopic (exact) mass is 208 g/mol. The van der Waals surface area contributed by atoms with Crippen molar-refractivity contribution < 1.29 is 0 Å². The molecular weight excluding hydrogens is 192 g/mol. The van der Waals surface area contributed by atoms with E-state index in [2.05, 4.69) is 56.5 Å². The minimum atomic E-state index is 0.507. The largest absolute Gasteiger partial charge is 0.0984 e. The minimum absolute atomic E-state index is 0.507. The molecule has 2 rings (SSSR count).